The number of hydrogen-bond donors (Lipinski definition) is 1. The van der Waals surface area contributed by atoms with Crippen molar-refractivity contribution in [2.45, 2.75) is 57.2 Å². The smallest absolute Gasteiger partial charge is 0.145 e. The quantitative estimate of drug-likeness (QED) is 0.828. The maximum absolute atomic E-state index is 9.62. The number of piperazine rings is 1. The van der Waals surface area contributed by atoms with Crippen molar-refractivity contribution in [2.24, 2.45) is 0 Å². The number of pyridine rings is 1. The van der Waals surface area contributed by atoms with Crippen LogP contribution >= 0.6 is 0 Å². The molecule has 1 unspecified atom stereocenters. The zero-order chi connectivity index (χ0) is 19.3. The van der Waals surface area contributed by atoms with Crippen molar-refractivity contribution in [1.29, 1.82) is 0 Å². The van der Waals surface area contributed by atoms with E-state index in [-0.39, 0.29) is 6.61 Å². The molecule has 5 heteroatoms. The minimum absolute atomic E-state index is 0.271. The molecule has 0 spiro atoms. The summed E-state index contributed by atoms with van der Waals surface area (Å²) in [6, 6.07) is 11.5. The van der Waals surface area contributed by atoms with Gasteiger partial charge in [-0.25, -0.2) is 4.98 Å². The number of ether oxygens (including phenoxy) is 1. The standard InChI is InChI=1S/C23H33N3O2/c1-28-22-9-5-6-18-10-11-19(24-23(18)22)16-25-13-14-26(21(17-25)12-15-27)20-7-3-2-4-8-20/h5-6,9-11,20-21,27H,2-4,7-8,12-17H2,1H3. The first-order valence-electron chi connectivity index (χ1n) is 10.8. The van der Waals surface area contributed by atoms with Crippen LogP contribution < -0.4 is 4.74 Å². The molecule has 1 aliphatic carbocycles. The van der Waals surface area contributed by atoms with E-state index in [2.05, 4.69) is 28.0 Å². The van der Waals surface area contributed by atoms with Gasteiger partial charge in [0.1, 0.15) is 11.3 Å². The van der Waals surface area contributed by atoms with Gasteiger partial charge in [-0.15, -0.1) is 0 Å². The molecule has 0 amide bonds. The molecule has 5 nitrogen and oxygen atoms in total. The van der Waals surface area contributed by atoms with Crippen molar-refractivity contribution in [3.05, 3.63) is 36.0 Å². The number of para-hydroxylation sites is 1. The van der Waals surface area contributed by atoms with Crippen molar-refractivity contribution in [1.82, 2.24) is 14.8 Å². The van der Waals surface area contributed by atoms with E-state index in [1.54, 1.807) is 7.11 Å². The third-order valence-electron chi connectivity index (χ3n) is 6.46. The third-order valence-corrected chi connectivity index (χ3v) is 6.46. The predicted octanol–water partition coefficient (Wildman–Crippen LogP) is 3.44. The number of aliphatic hydroxyl groups excluding tert-OH is 1. The Morgan fingerprint density at radius 1 is 1.11 bits per heavy atom. The maximum Gasteiger partial charge on any atom is 0.145 e. The molecule has 1 N–H and O–H groups in total. The predicted molar refractivity (Wildman–Crippen MR) is 113 cm³/mol. The molecule has 2 fully saturated rings. The van der Waals surface area contributed by atoms with Crippen LogP contribution in [0.25, 0.3) is 10.9 Å². The number of nitrogens with zero attached hydrogens (tertiary/aromatic N) is 3. The number of hydrogen-bond acceptors (Lipinski definition) is 5. The van der Waals surface area contributed by atoms with E-state index in [1.165, 1.54) is 32.1 Å². The monoisotopic (exact) mass is 383 g/mol. The topological polar surface area (TPSA) is 48.8 Å². The summed E-state index contributed by atoms with van der Waals surface area (Å²) in [5.41, 5.74) is 2.03. The Labute approximate surface area is 168 Å². The zero-order valence-electron chi connectivity index (χ0n) is 17.0. The summed E-state index contributed by atoms with van der Waals surface area (Å²) in [4.78, 5) is 10.1. The number of benzene rings is 1. The zero-order valence-corrected chi connectivity index (χ0v) is 17.0. The minimum Gasteiger partial charge on any atom is -0.494 e. The molecule has 1 aromatic carbocycles. The maximum atomic E-state index is 9.62. The summed E-state index contributed by atoms with van der Waals surface area (Å²) < 4.78 is 5.49. The van der Waals surface area contributed by atoms with Gasteiger partial charge in [-0.3, -0.25) is 9.80 Å². The minimum atomic E-state index is 0.271. The first-order chi connectivity index (χ1) is 13.8. The molecule has 1 atom stereocenters. The fraction of sp³-hybridized carbons (Fsp3) is 0.609. The number of aromatic nitrogens is 1. The summed E-state index contributed by atoms with van der Waals surface area (Å²) in [5, 5.41) is 10.7. The molecule has 1 saturated carbocycles. The number of aliphatic hydroxyl groups is 1. The van der Waals surface area contributed by atoms with Crippen LogP contribution in [0.4, 0.5) is 0 Å². The van der Waals surface area contributed by atoms with Gasteiger partial charge < -0.3 is 9.84 Å². The summed E-state index contributed by atoms with van der Waals surface area (Å²) in [6.45, 7) is 4.32. The highest BCUT2D eigenvalue weighted by atomic mass is 16.5. The highest BCUT2D eigenvalue weighted by Crippen LogP contribution is 2.28. The molecule has 0 bridgehead atoms. The van der Waals surface area contributed by atoms with E-state index in [0.29, 0.717) is 6.04 Å². The van der Waals surface area contributed by atoms with Gasteiger partial charge in [0, 0.05) is 50.3 Å². The lowest BCUT2D eigenvalue weighted by Crippen LogP contribution is -2.56. The summed E-state index contributed by atoms with van der Waals surface area (Å²) >= 11 is 0. The molecule has 0 radical (unpaired) electrons. The second-order valence-corrected chi connectivity index (χ2v) is 8.27. The second kappa shape index (κ2) is 9.21. The van der Waals surface area contributed by atoms with Crippen LogP contribution in [-0.4, -0.2) is 65.3 Å². The van der Waals surface area contributed by atoms with E-state index >= 15 is 0 Å². The Morgan fingerprint density at radius 3 is 2.75 bits per heavy atom. The van der Waals surface area contributed by atoms with Crippen LogP contribution in [0.3, 0.4) is 0 Å². The van der Waals surface area contributed by atoms with Crippen molar-refractivity contribution >= 4 is 10.9 Å². The van der Waals surface area contributed by atoms with E-state index in [1.807, 2.05) is 12.1 Å². The fourth-order valence-electron chi connectivity index (χ4n) is 5.02. The summed E-state index contributed by atoms with van der Waals surface area (Å²) in [5.74, 6) is 0.833. The lowest BCUT2D eigenvalue weighted by molar-refractivity contribution is 0.0133. The van der Waals surface area contributed by atoms with Crippen molar-refractivity contribution in [3.8, 4) is 5.75 Å². The molecule has 1 saturated heterocycles. The molecular weight excluding hydrogens is 350 g/mol. The lowest BCUT2D eigenvalue weighted by atomic mass is 9.92. The van der Waals surface area contributed by atoms with Crippen LogP contribution in [0.2, 0.25) is 0 Å². The van der Waals surface area contributed by atoms with E-state index < -0.39 is 0 Å². The Balaban J connectivity index is 1.46. The Hall–Kier alpha value is -1.69. The van der Waals surface area contributed by atoms with Gasteiger partial charge in [0.25, 0.3) is 0 Å². The van der Waals surface area contributed by atoms with Gasteiger partial charge in [-0.2, -0.15) is 0 Å². The van der Waals surface area contributed by atoms with E-state index in [4.69, 9.17) is 9.72 Å². The first kappa shape index (κ1) is 19.6. The molecule has 28 heavy (non-hydrogen) atoms. The van der Waals surface area contributed by atoms with E-state index in [0.717, 1.165) is 61.0 Å². The molecule has 2 heterocycles. The van der Waals surface area contributed by atoms with Crippen molar-refractivity contribution in [3.63, 3.8) is 0 Å². The van der Waals surface area contributed by atoms with Crippen molar-refractivity contribution in [2.75, 3.05) is 33.4 Å². The average Bonchev–Trinajstić information content (AvgIpc) is 2.74. The van der Waals surface area contributed by atoms with Crippen LogP contribution in [0, 0.1) is 0 Å². The fourth-order valence-corrected chi connectivity index (χ4v) is 5.02. The highest BCUT2D eigenvalue weighted by Gasteiger charge is 2.32. The Morgan fingerprint density at radius 2 is 1.96 bits per heavy atom. The number of methoxy groups -OCH3 is 1. The molecule has 152 valence electrons. The summed E-state index contributed by atoms with van der Waals surface area (Å²) in [7, 11) is 1.70. The Bertz CT molecular complexity index is 776. The molecule has 2 aliphatic rings. The molecule has 1 aliphatic heterocycles. The number of rotatable bonds is 6. The van der Waals surface area contributed by atoms with Gasteiger partial charge in [-0.1, -0.05) is 37.5 Å². The van der Waals surface area contributed by atoms with Gasteiger partial charge >= 0.3 is 0 Å². The largest absolute Gasteiger partial charge is 0.494 e. The van der Waals surface area contributed by atoms with Crippen molar-refractivity contribution < 1.29 is 9.84 Å². The van der Waals surface area contributed by atoms with E-state index in [9.17, 15) is 5.11 Å². The second-order valence-electron chi connectivity index (χ2n) is 8.27. The lowest BCUT2D eigenvalue weighted by Gasteiger charge is -2.46. The molecule has 4 rings (SSSR count). The molecular formula is C23H33N3O2. The molecule has 1 aromatic heterocycles. The first-order valence-corrected chi connectivity index (χ1v) is 10.8. The SMILES string of the molecule is COc1cccc2ccc(CN3CCN(C4CCCCC4)C(CCO)C3)nc12. The van der Waals surface area contributed by atoms with Gasteiger partial charge in [0.05, 0.1) is 12.8 Å². The van der Waals surface area contributed by atoms with Gasteiger partial charge in [0.2, 0.25) is 0 Å². The average molecular weight is 384 g/mol. The van der Waals surface area contributed by atoms with Crippen LogP contribution in [0.1, 0.15) is 44.2 Å². The van der Waals surface area contributed by atoms with Crippen LogP contribution in [0.5, 0.6) is 5.75 Å². The highest BCUT2D eigenvalue weighted by molar-refractivity contribution is 5.84. The van der Waals surface area contributed by atoms with Gasteiger partial charge in [0.15, 0.2) is 0 Å². The van der Waals surface area contributed by atoms with Crippen LogP contribution in [-0.2, 0) is 6.54 Å². The normalized spacial score (nSPS) is 22.6. The molecule has 2 aromatic rings. The number of fused-ring (bicyclic) bond motifs is 1. The third kappa shape index (κ3) is 4.32. The van der Waals surface area contributed by atoms with Gasteiger partial charge in [-0.05, 0) is 31.4 Å². The Kier molecular flexibility index (Phi) is 6.45. The van der Waals surface area contributed by atoms with Crippen LogP contribution in [0.15, 0.2) is 30.3 Å². The summed E-state index contributed by atoms with van der Waals surface area (Å²) in [6.07, 6.45) is 7.63.